The molecule has 0 N–H and O–H groups in total. The predicted octanol–water partition coefficient (Wildman–Crippen LogP) is 3.60. The van der Waals surface area contributed by atoms with Gasteiger partial charge in [0.1, 0.15) is 0 Å². The van der Waals surface area contributed by atoms with Gasteiger partial charge in [-0.1, -0.05) is 36.4 Å². The number of nitriles is 1. The molecule has 1 aliphatic heterocycles. The summed E-state index contributed by atoms with van der Waals surface area (Å²) in [6, 6.07) is 19.0. The summed E-state index contributed by atoms with van der Waals surface area (Å²) in [5.41, 5.74) is 2.45. The Hall–Kier alpha value is -3.39. The summed E-state index contributed by atoms with van der Waals surface area (Å²) in [6.45, 7) is 0.564. The smallest absolute Gasteiger partial charge is 0.241 e. The Kier molecular flexibility index (Phi) is 4.02. The van der Waals surface area contributed by atoms with E-state index in [0.29, 0.717) is 18.7 Å². The Labute approximate surface area is 151 Å². The molecule has 5 nitrogen and oxygen atoms in total. The first-order valence-corrected chi connectivity index (χ1v) is 8.57. The third kappa shape index (κ3) is 2.56. The third-order valence-corrected chi connectivity index (χ3v) is 4.82. The largest absolute Gasteiger partial charge is 0.346 e. The fourth-order valence-corrected chi connectivity index (χ4v) is 3.63. The highest BCUT2D eigenvalue weighted by Gasteiger charge is 2.41. The van der Waals surface area contributed by atoms with Crippen molar-refractivity contribution in [1.82, 2.24) is 4.57 Å². The Morgan fingerprint density at radius 1 is 1.04 bits per heavy atom. The third-order valence-electron chi connectivity index (χ3n) is 4.82. The van der Waals surface area contributed by atoms with Gasteiger partial charge < -0.3 is 4.57 Å². The van der Waals surface area contributed by atoms with E-state index in [-0.39, 0.29) is 18.2 Å². The summed E-state index contributed by atoms with van der Waals surface area (Å²) < 4.78 is 2.00. The molecule has 26 heavy (non-hydrogen) atoms. The van der Waals surface area contributed by atoms with Crippen LogP contribution in [0.3, 0.4) is 0 Å². The van der Waals surface area contributed by atoms with Gasteiger partial charge in [-0.05, 0) is 23.8 Å². The number of aryl methyl sites for hydroxylation is 1. The van der Waals surface area contributed by atoms with E-state index in [1.54, 1.807) is 12.1 Å². The molecule has 0 spiro atoms. The predicted molar refractivity (Wildman–Crippen MR) is 98.5 cm³/mol. The summed E-state index contributed by atoms with van der Waals surface area (Å²) in [5.74, 6) is -0.861. The van der Waals surface area contributed by atoms with Crippen molar-refractivity contribution in [1.29, 1.82) is 5.26 Å². The van der Waals surface area contributed by atoms with E-state index in [2.05, 4.69) is 6.07 Å². The van der Waals surface area contributed by atoms with Crippen molar-refractivity contribution >= 4 is 28.4 Å². The first kappa shape index (κ1) is 16.1. The lowest BCUT2D eigenvalue weighted by atomic mass is 9.97. The molecule has 4 rings (SSSR count). The minimum atomic E-state index is -0.490. The normalized spacial score (nSPS) is 17.0. The molecule has 128 valence electrons. The number of aromatic nitrogens is 1. The van der Waals surface area contributed by atoms with Gasteiger partial charge in [0.05, 0.1) is 24.1 Å². The monoisotopic (exact) mass is 343 g/mol. The van der Waals surface area contributed by atoms with Crippen molar-refractivity contribution in [2.75, 3.05) is 4.90 Å². The Morgan fingerprint density at radius 3 is 2.54 bits per heavy atom. The number of anilines is 1. The number of imide groups is 1. The quantitative estimate of drug-likeness (QED) is 0.680. The molecule has 1 unspecified atom stereocenters. The molecule has 1 aliphatic rings. The summed E-state index contributed by atoms with van der Waals surface area (Å²) in [7, 11) is 0. The van der Waals surface area contributed by atoms with Gasteiger partial charge in [0, 0.05) is 30.1 Å². The van der Waals surface area contributed by atoms with Crippen LogP contribution >= 0.6 is 0 Å². The van der Waals surface area contributed by atoms with E-state index < -0.39 is 5.92 Å². The molecule has 2 heterocycles. The van der Waals surface area contributed by atoms with Gasteiger partial charge in [-0.3, -0.25) is 14.5 Å². The van der Waals surface area contributed by atoms with Gasteiger partial charge in [-0.25, -0.2) is 0 Å². The summed E-state index contributed by atoms with van der Waals surface area (Å²) in [5, 5.41) is 9.85. The van der Waals surface area contributed by atoms with Crippen LogP contribution in [0.2, 0.25) is 0 Å². The summed E-state index contributed by atoms with van der Waals surface area (Å²) in [4.78, 5) is 26.9. The van der Waals surface area contributed by atoms with E-state index in [9.17, 15) is 9.59 Å². The average Bonchev–Trinajstić information content (AvgIpc) is 3.18. The molecule has 2 amide bonds. The molecular formula is C21H17N3O2. The molecule has 0 radical (unpaired) electrons. The van der Waals surface area contributed by atoms with Crippen molar-refractivity contribution in [3.63, 3.8) is 0 Å². The first-order chi connectivity index (χ1) is 12.7. The van der Waals surface area contributed by atoms with Crippen molar-refractivity contribution < 1.29 is 9.59 Å². The molecule has 1 atom stereocenters. The maximum Gasteiger partial charge on any atom is 0.241 e. The van der Waals surface area contributed by atoms with Gasteiger partial charge in [-0.15, -0.1) is 0 Å². The Balaban J connectivity index is 1.76. The number of benzene rings is 2. The Morgan fingerprint density at radius 2 is 1.77 bits per heavy atom. The fraction of sp³-hybridized carbons (Fsp3) is 0.190. The van der Waals surface area contributed by atoms with E-state index >= 15 is 0 Å². The molecule has 1 aromatic heterocycles. The number of nitrogens with zero attached hydrogens (tertiary/aromatic N) is 3. The highest BCUT2D eigenvalue weighted by atomic mass is 16.2. The number of rotatable bonds is 4. The fourth-order valence-electron chi connectivity index (χ4n) is 3.63. The van der Waals surface area contributed by atoms with E-state index in [1.165, 1.54) is 4.90 Å². The van der Waals surface area contributed by atoms with Crippen LogP contribution in [0.1, 0.15) is 24.3 Å². The van der Waals surface area contributed by atoms with Crippen LogP contribution < -0.4 is 4.90 Å². The standard InChI is InChI=1S/C21H17N3O2/c22-11-6-12-23-14-18(16-9-4-5-10-19(16)23)17-13-20(25)24(21(17)26)15-7-2-1-3-8-15/h1-5,7-10,14,17H,6,12-13H2. The molecule has 0 aliphatic carbocycles. The average molecular weight is 343 g/mol. The topological polar surface area (TPSA) is 66.1 Å². The highest BCUT2D eigenvalue weighted by molar-refractivity contribution is 6.23. The number of hydrogen-bond donors (Lipinski definition) is 0. The number of para-hydroxylation sites is 2. The van der Waals surface area contributed by atoms with Crippen LogP contribution in [0.25, 0.3) is 10.9 Å². The lowest BCUT2D eigenvalue weighted by Gasteiger charge is -2.14. The van der Waals surface area contributed by atoms with Gasteiger partial charge in [-0.2, -0.15) is 5.26 Å². The van der Waals surface area contributed by atoms with Crippen LogP contribution in [0.5, 0.6) is 0 Å². The van der Waals surface area contributed by atoms with Crippen LogP contribution in [0.15, 0.2) is 60.8 Å². The van der Waals surface area contributed by atoms with Crippen molar-refractivity contribution in [2.24, 2.45) is 0 Å². The summed E-state index contributed by atoms with van der Waals surface area (Å²) in [6.07, 6.45) is 2.48. The number of hydrogen-bond acceptors (Lipinski definition) is 3. The van der Waals surface area contributed by atoms with Gasteiger partial charge in [0.2, 0.25) is 11.8 Å². The summed E-state index contributed by atoms with van der Waals surface area (Å²) >= 11 is 0. The lowest BCUT2D eigenvalue weighted by molar-refractivity contribution is -0.121. The molecule has 1 fully saturated rings. The molecule has 5 heteroatoms. The second-order valence-corrected chi connectivity index (χ2v) is 6.36. The second-order valence-electron chi connectivity index (χ2n) is 6.36. The molecule has 0 bridgehead atoms. The highest BCUT2D eigenvalue weighted by Crippen LogP contribution is 2.37. The number of fused-ring (bicyclic) bond motifs is 1. The molecule has 2 aromatic carbocycles. The maximum absolute atomic E-state index is 13.0. The maximum atomic E-state index is 13.0. The molecule has 3 aromatic rings. The van der Waals surface area contributed by atoms with Crippen LogP contribution in [-0.4, -0.2) is 16.4 Å². The zero-order valence-corrected chi connectivity index (χ0v) is 14.1. The van der Waals surface area contributed by atoms with Gasteiger partial charge >= 0.3 is 0 Å². The van der Waals surface area contributed by atoms with Crippen LogP contribution in [0, 0.1) is 11.3 Å². The molecular weight excluding hydrogens is 326 g/mol. The van der Waals surface area contributed by atoms with E-state index in [4.69, 9.17) is 5.26 Å². The van der Waals surface area contributed by atoms with Crippen molar-refractivity contribution in [3.05, 3.63) is 66.4 Å². The van der Waals surface area contributed by atoms with E-state index in [0.717, 1.165) is 16.5 Å². The Bertz CT molecular complexity index is 1030. The minimum Gasteiger partial charge on any atom is -0.346 e. The lowest BCUT2D eigenvalue weighted by Crippen LogP contribution is -2.29. The van der Waals surface area contributed by atoms with Gasteiger partial charge in [0.15, 0.2) is 0 Å². The number of carbonyl (C=O) groups is 2. The van der Waals surface area contributed by atoms with Crippen LogP contribution in [-0.2, 0) is 16.1 Å². The van der Waals surface area contributed by atoms with E-state index in [1.807, 2.05) is 53.2 Å². The SMILES string of the molecule is N#CCCn1cc(C2CC(=O)N(c3ccccc3)C2=O)c2ccccc21. The van der Waals surface area contributed by atoms with Crippen molar-refractivity contribution in [2.45, 2.75) is 25.3 Å². The zero-order valence-electron chi connectivity index (χ0n) is 14.1. The number of amides is 2. The molecule has 1 saturated heterocycles. The van der Waals surface area contributed by atoms with Crippen LogP contribution in [0.4, 0.5) is 5.69 Å². The van der Waals surface area contributed by atoms with Gasteiger partial charge in [0.25, 0.3) is 0 Å². The number of carbonyl (C=O) groups excluding carboxylic acids is 2. The van der Waals surface area contributed by atoms with Crippen molar-refractivity contribution in [3.8, 4) is 6.07 Å². The zero-order chi connectivity index (χ0) is 18.1. The second kappa shape index (κ2) is 6.49. The molecule has 0 saturated carbocycles. The first-order valence-electron chi connectivity index (χ1n) is 8.57. The minimum absolute atomic E-state index is 0.167.